The fourth-order valence-electron chi connectivity index (χ4n) is 2.42. The highest BCUT2D eigenvalue weighted by Crippen LogP contribution is 2.28. The molecular weight excluding hydrogens is 186 g/mol. The number of hydrogen-bond acceptors (Lipinski definition) is 2. The van der Waals surface area contributed by atoms with Crippen molar-refractivity contribution in [1.82, 2.24) is 4.90 Å². The molecule has 1 atom stereocenters. The van der Waals surface area contributed by atoms with Gasteiger partial charge in [-0.05, 0) is 26.3 Å². The van der Waals surface area contributed by atoms with Crippen molar-refractivity contribution < 1.29 is 5.11 Å². The Labute approximate surface area is 94.7 Å². The molecule has 1 unspecified atom stereocenters. The molecule has 15 heavy (non-hydrogen) atoms. The lowest BCUT2D eigenvalue weighted by atomic mass is 9.86. The molecule has 0 saturated heterocycles. The zero-order chi connectivity index (χ0) is 11.5. The fourth-order valence-corrected chi connectivity index (χ4v) is 2.42. The first kappa shape index (κ1) is 13.0. The van der Waals surface area contributed by atoms with E-state index in [0.717, 1.165) is 19.1 Å². The standard InChI is InChI=1S/C13H27NO/c1-5-14(12-8-6-7-9-12)10-13(3,4)11(2)15/h11-12,15H,5-10H2,1-4H3. The van der Waals surface area contributed by atoms with Gasteiger partial charge in [-0.15, -0.1) is 0 Å². The maximum Gasteiger partial charge on any atom is 0.0575 e. The van der Waals surface area contributed by atoms with Crippen LogP contribution >= 0.6 is 0 Å². The Hall–Kier alpha value is -0.0800. The monoisotopic (exact) mass is 213 g/mol. The molecule has 1 aliphatic rings. The summed E-state index contributed by atoms with van der Waals surface area (Å²) < 4.78 is 0. The van der Waals surface area contributed by atoms with Gasteiger partial charge in [0, 0.05) is 18.0 Å². The van der Waals surface area contributed by atoms with Gasteiger partial charge in [0.25, 0.3) is 0 Å². The van der Waals surface area contributed by atoms with E-state index in [-0.39, 0.29) is 11.5 Å². The lowest BCUT2D eigenvalue weighted by Crippen LogP contribution is -2.44. The van der Waals surface area contributed by atoms with Gasteiger partial charge in [-0.2, -0.15) is 0 Å². The highest BCUT2D eigenvalue weighted by molar-refractivity contribution is 4.84. The smallest absolute Gasteiger partial charge is 0.0575 e. The molecule has 0 bridgehead atoms. The molecule has 0 spiro atoms. The Morgan fingerprint density at radius 3 is 2.27 bits per heavy atom. The van der Waals surface area contributed by atoms with Crippen molar-refractivity contribution >= 4 is 0 Å². The maximum atomic E-state index is 9.74. The van der Waals surface area contributed by atoms with E-state index in [0.29, 0.717) is 0 Å². The van der Waals surface area contributed by atoms with Gasteiger partial charge in [0.2, 0.25) is 0 Å². The van der Waals surface area contributed by atoms with Gasteiger partial charge in [-0.1, -0.05) is 33.6 Å². The van der Waals surface area contributed by atoms with Crippen molar-refractivity contribution in [3.8, 4) is 0 Å². The minimum atomic E-state index is -0.229. The second-order valence-electron chi connectivity index (χ2n) is 5.67. The molecule has 2 heteroatoms. The summed E-state index contributed by atoms with van der Waals surface area (Å²) in [4.78, 5) is 2.56. The minimum absolute atomic E-state index is 0.0125. The van der Waals surface area contributed by atoms with Crippen molar-refractivity contribution in [2.45, 2.75) is 65.5 Å². The Morgan fingerprint density at radius 2 is 1.87 bits per heavy atom. The van der Waals surface area contributed by atoms with E-state index in [9.17, 15) is 5.11 Å². The van der Waals surface area contributed by atoms with E-state index in [1.165, 1.54) is 25.7 Å². The van der Waals surface area contributed by atoms with Crippen LogP contribution in [0.15, 0.2) is 0 Å². The van der Waals surface area contributed by atoms with Gasteiger partial charge < -0.3 is 10.0 Å². The molecule has 1 fully saturated rings. The number of aliphatic hydroxyl groups is 1. The van der Waals surface area contributed by atoms with Gasteiger partial charge in [-0.25, -0.2) is 0 Å². The van der Waals surface area contributed by atoms with Gasteiger partial charge in [0.1, 0.15) is 0 Å². The van der Waals surface area contributed by atoms with E-state index >= 15 is 0 Å². The molecule has 0 aromatic carbocycles. The van der Waals surface area contributed by atoms with Crippen LogP contribution in [0.4, 0.5) is 0 Å². The van der Waals surface area contributed by atoms with E-state index in [1.807, 2.05) is 6.92 Å². The molecule has 0 aromatic heterocycles. The zero-order valence-electron chi connectivity index (χ0n) is 10.8. The lowest BCUT2D eigenvalue weighted by Gasteiger charge is -2.37. The van der Waals surface area contributed by atoms with Crippen LogP contribution in [0, 0.1) is 5.41 Å². The third-order valence-corrected chi connectivity index (χ3v) is 3.99. The maximum absolute atomic E-state index is 9.74. The second-order valence-corrected chi connectivity index (χ2v) is 5.67. The van der Waals surface area contributed by atoms with E-state index in [1.54, 1.807) is 0 Å². The normalized spacial score (nSPS) is 21.2. The van der Waals surface area contributed by atoms with Gasteiger partial charge in [0.05, 0.1) is 6.10 Å². The van der Waals surface area contributed by atoms with Crippen LogP contribution in [0.5, 0.6) is 0 Å². The van der Waals surface area contributed by atoms with Crippen molar-refractivity contribution in [3.63, 3.8) is 0 Å². The molecular formula is C13H27NO. The van der Waals surface area contributed by atoms with Crippen LogP contribution in [0.25, 0.3) is 0 Å². The molecule has 1 N–H and O–H groups in total. The first-order valence-electron chi connectivity index (χ1n) is 6.39. The Morgan fingerprint density at radius 1 is 1.33 bits per heavy atom. The second kappa shape index (κ2) is 5.31. The molecule has 0 aliphatic heterocycles. The fraction of sp³-hybridized carbons (Fsp3) is 1.00. The van der Waals surface area contributed by atoms with E-state index in [4.69, 9.17) is 0 Å². The van der Waals surface area contributed by atoms with Gasteiger partial charge in [0.15, 0.2) is 0 Å². The van der Waals surface area contributed by atoms with Crippen molar-refractivity contribution in [2.75, 3.05) is 13.1 Å². The third-order valence-electron chi connectivity index (χ3n) is 3.99. The predicted molar refractivity (Wildman–Crippen MR) is 65.0 cm³/mol. The predicted octanol–water partition coefficient (Wildman–Crippen LogP) is 2.66. The number of rotatable bonds is 5. The number of aliphatic hydroxyl groups excluding tert-OH is 1. The van der Waals surface area contributed by atoms with Crippen molar-refractivity contribution in [3.05, 3.63) is 0 Å². The quantitative estimate of drug-likeness (QED) is 0.759. The van der Waals surface area contributed by atoms with Crippen LogP contribution < -0.4 is 0 Å². The highest BCUT2D eigenvalue weighted by atomic mass is 16.3. The van der Waals surface area contributed by atoms with Gasteiger partial charge in [-0.3, -0.25) is 0 Å². The average molecular weight is 213 g/mol. The van der Waals surface area contributed by atoms with Crippen LogP contribution in [-0.2, 0) is 0 Å². The Bertz CT molecular complexity index is 183. The van der Waals surface area contributed by atoms with Gasteiger partial charge >= 0.3 is 0 Å². The molecule has 0 radical (unpaired) electrons. The molecule has 90 valence electrons. The highest BCUT2D eigenvalue weighted by Gasteiger charge is 2.30. The molecule has 0 amide bonds. The van der Waals surface area contributed by atoms with E-state index < -0.39 is 0 Å². The first-order chi connectivity index (χ1) is 6.97. The topological polar surface area (TPSA) is 23.5 Å². The molecule has 2 nitrogen and oxygen atoms in total. The summed E-state index contributed by atoms with van der Waals surface area (Å²) in [6.45, 7) is 10.6. The summed E-state index contributed by atoms with van der Waals surface area (Å²) in [5.74, 6) is 0. The molecule has 1 saturated carbocycles. The first-order valence-corrected chi connectivity index (χ1v) is 6.39. The van der Waals surface area contributed by atoms with Crippen LogP contribution in [0.1, 0.15) is 53.4 Å². The Balaban J connectivity index is 2.52. The largest absolute Gasteiger partial charge is 0.393 e. The minimum Gasteiger partial charge on any atom is -0.393 e. The number of hydrogen-bond donors (Lipinski definition) is 1. The van der Waals surface area contributed by atoms with Crippen molar-refractivity contribution in [1.29, 1.82) is 0 Å². The van der Waals surface area contributed by atoms with Crippen molar-refractivity contribution in [2.24, 2.45) is 5.41 Å². The van der Waals surface area contributed by atoms with Crippen LogP contribution in [-0.4, -0.2) is 35.2 Å². The third kappa shape index (κ3) is 3.46. The summed E-state index contributed by atoms with van der Waals surface area (Å²) in [5.41, 5.74) is 0.0125. The molecule has 0 aromatic rings. The zero-order valence-corrected chi connectivity index (χ0v) is 10.8. The summed E-state index contributed by atoms with van der Waals surface area (Å²) in [6.07, 6.45) is 5.24. The molecule has 0 heterocycles. The number of nitrogens with zero attached hydrogens (tertiary/aromatic N) is 1. The summed E-state index contributed by atoms with van der Waals surface area (Å²) in [6, 6.07) is 0.771. The molecule has 1 aliphatic carbocycles. The van der Waals surface area contributed by atoms with Crippen LogP contribution in [0.2, 0.25) is 0 Å². The lowest BCUT2D eigenvalue weighted by molar-refractivity contribution is 0.0242. The molecule has 1 rings (SSSR count). The summed E-state index contributed by atoms with van der Waals surface area (Å²) in [5, 5.41) is 9.74. The Kier molecular flexibility index (Phi) is 4.60. The summed E-state index contributed by atoms with van der Waals surface area (Å²) in [7, 11) is 0. The SMILES string of the molecule is CCN(CC(C)(C)C(C)O)C1CCCC1. The van der Waals surface area contributed by atoms with E-state index in [2.05, 4.69) is 25.7 Å². The summed E-state index contributed by atoms with van der Waals surface area (Å²) >= 11 is 0. The van der Waals surface area contributed by atoms with Crippen LogP contribution in [0.3, 0.4) is 0 Å². The average Bonchev–Trinajstić information content (AvgIpc) is 2.66.